The van der Waals surface area contributed by atoms with Crippen molar-refractivity contribution in [3.63, 3.8) is 0 Å². The smallest absolute Gasteiger partial charge is 0.279 e. The Morgan fingerprint density at radius 1 is 1.37 bits per heavy atom. The molecule has 0 aliphatic heterocycles. The number of nitrogens with zero attached hydrogens (tertiary/aromatic N) is 1. The summed E-state index contributed by atoms with van der Waals surface area (Å²) in [6.07, 6.45) is 0. The second-order valence-electron chi connectivity index (χ2n) is 3.64. The van der Waals surface area contributed by atoms with Crippen LogP contribution in [0.1, 0.15) is 23.6 Å². The molecule has 19 heavy (non-hydrogen) atoms. The van der Waals surface area contributed by atoms with Crippen LogP contribution < -0.4 is 4.72 Å². The van der Waals surface area contributed by atoms with Crippen molar-refractivity contribution < 1.29 is 13.5 Å². The molecule has 1 aromatic heterocycles. The minimum absolute atomic E-state index is 0.179. The minimum Gasteiger partial charge on any atom is -0.384 e. The molecule has 0 unspecified atom stereocenters. The zero-order chi connectivity index (χ0) is 14.3. The molecule has 0 bridgehead atoms. The summed E-state index contributed by atoms with van der Waals surface area (Å²) >= 11 is 1.41. The molecule has 0 aliphatic rings. The van der Waals surface area contributed by atoms with Crippen molar-refractivity contribution in [3.05, 3.63) is 21.9 Å². The van der Waals surface area contributed by atoms with Gasteiger partial charge in [0.15, 0.2) is 0 Å². The molecule has 7 heteroatoms. The van der Waals surface area contributed by atoms with E-state index in [0.29, 0.717) is 13.1 Å². The Bertz CT molecular complexity index is 551. The quantitative estimate of drug-likeness (QED) is 0.763. The van der Waals surface area contributed by atoms with E-state index in [1.54, 1.807) is 13.8 Å². The van der Waals surface area contributed by atoms with E-state index in [0.717, 1.165) is 9.75 Å². The summed E-state index contributed by atoms with van der Waals surface area (Å²) in [5.74, 6) is 5.34. The van der Waals surface area contributed by atoms with E-state index in [1.807, 2.05) is 12.1 Å². The van der Waals surface area contributed by atoms with Crippen LogP contribution in [-0.2, 0) is 16.8 Å². The summed E-state index contributed by atoms with van der Waals surface area (Å²) in [5, 5.41) is 8.59. The zero-order valence-electron chi connectivity index (χ0n) is 11.0. The Morgan fingerprint density at radius 2 is 2.05 bits per heavy atom. The van der Waals surface area contributed by atoms with Gasteiger partial charge in [-0.25, -0.2) is 0 Å². The molecule has 0 saturated heterocycles. The predicted octanol–water partition coefficient (Wildman–Crippen LogP) is 0.768. The zero-order valence-corrected chi connectivity index (χ0v) is 12.6. The highest BCUT2D eigenvalue weighted by Crippen LogP contribution is 2.15. The number of rotatable bonds is 6. The summed E-state index contributed by atoms with van der Waals surface area (Å²) in [5.41, 5.74) is 0. The van der Waals surface area contributed by atoms with E-state index in [2.05, 4.69) is 16.6 Å². The third-order valence-corrected chi connectivity index (χ3v) is 5.13. The molecule has 2 N–H and O–H groups in total. The van der Waals surface area contributed by atoms with E-state index in [9.17, 15) is 8.42 Å². The average Bonchev–Trinajstić information content (AvgIpc) is 2.83. The van der Waals surface area contributed by atoms with Crippen molar-refractivity contribution in [1.29, 1.82) is 0 Å². The molecule has 5 nitrogen and oxygen atoms in total. The van der Waals surface area contributed by atoms with Crippen LogP contribution >= 0.6 is 11.3 Å². The van der Waals surface area contributed by atoms with Gasteiger partial charge in [-0.1, -0.05) is 25.7 Å². The van der Waals surface area contributed by atoms with Crippen LogP contribution in [0.3, 0.4) is 0 Å². The minimum atomic E-state index is -3.41. The maximum absolute atomic E-state index is 11.9. The molecule has 0 amide bonds. The number of hydrogen-bond acceptors (Lipinski definition) is 4. The molecule has 1 heterocycles. The molecular weight excluding hydrogens is 284 g/mol. The molecule has 0 aromatic carbocycles. The second-order valence-corrected chi connectivity index (χ2v) is 6.56. The lowest BCUT2D eigenvalue weighted by Crippen LogP contribution is -2.39. The van der Waals surface area contributed by atoms with Crippen LogP contribution in [0.4, 0.5) is 0 Å². The summed E-state index contributed by atoms with van der Waals surface area (Å²) in [6, 6.07) is 3.64. The second kappa shape index (κ2) is 7.62. The molecule has 0 spiro atoms. The van der Waals surface area contributed by atoms with Crippen LogP contribution in [0.5, 0.6) is 0 Å². The molecular formula is C12H18N2O3S2. The molecule has 0 fully saturated rings. The van der Waals surface area contributed by atoms with E-state index in [4.69, 9.17) is 5.11 Å². The number of aliphatic hydroxyl groups is 1. The van der Waals surface area contributed by atoms with Gasteiger partial charge in [0, 0.05) is 24.5 Å². The van der Waals surface area contributed by atoms with Crippen molar-refractivity contribution in [3.8, 4) is 11.8 Å². The van der Waals surface area contributed by atoms with Crippen molar-refractivity contribution in [2.45, 2.75) is 20.4 Å². The predicted molar refractivity (Wildman–Crippen MR) is 77.0 cm³/mol. The van der Waals surface area contributed by atoms with Crippen molar-refractivity contribution in [2.24, 2.45) is 0 Å². The number of nitrogens with one attached hydrogen (secondary N) is 1. The van der Waals surface area contributed by atoms with Gasteiger partial charge in [-0.2, -0.15) is 17.4 Å². The fraction of sp³-hybridized carbons (Fsp3) is 0.500. The highest BCUT2D eigenvalue weighted by atomic mass is 32.2. The number of aliphatic hydroxyl groups excluding tert-OH is 1. The highest BCUT2D eigenvalue weighted by molar-refractivity contribution is 7.87. The van der Waals surface area contributed by atoms with Crippen molar-refractivity contribution in [2.75, 3.05) is 19.7 Å². The Labute approximate surface area is 118 Å². The van der Waals surface area contributed by atoms with Crippen molar-refractivity contribution >= 4 is 21.5 Å². The van der Waals surface area contributed by atoms with Crippen molar-refractivity contribution in [1.82, 2.24) is 9.03 Å². The molecule has 1 aromatic rings. The summed E-state index contributed by atoms with van der Waals surface area (Å²) in [4.78, 5) is 1.70. The largest absolute Gasteiger partial charge is 0.384 e. The topological polar surface area (TPSA) is 69.6 Å². The number of thiophene rings is 1. The molecule has 106 valence electrons. The van der Waals surface area contributed by atoms with E-state index in [1.165, 1.54) is 15.6 Å². The standard InChI is InChI=1S/C12H18N2O3S2/c1-3-14(4-2)19(16,17)13-10-12-8-7-11(18-12)6-5-9-15/h7-8,13,15H,3-4,9-10H2,1-2H3. The Morgan fingerprint density at radius 3 is 2.63 bits per heavy atom. The van der Waals surface area contributed by atoms with Gasteiger partial charge in [0.1, 0.15) is 6.61 Å². The first-order valence-electron chi connectivity index (χ1n) is 5.96. The summed E-state index contributed by atoms with van der Waals surface area (Å²) < 4.78 is 27.7. The Kier molecular flexibility index (Phi) is 6.48. The van der Waals surface area contributed by atoms with E-state index < -0.39 is 10.2 Å². The molecule has 0 saturated carbocycles. The fourth-order valence-corrected chi connectivity index (χ4v) is 3.60. The Balaban J connectivity index is 2.64. The van der Waals surface area contributed by atoms with Gasteiger partial charge in [-0.05, 0) is 12.1 Å². The summed E-state index contributed by atoms with van der Waals surface area (Å²) in [6.45, 7) is 4.58. The maximum Gasteiger partial charge on any atom is 0.279 e. The lowest BCUT2D eigenvalue weighted by Gasteiger charge is -2.18. The first kappa shape index (κ1) is 16.1. The number of hydrogen-bond donors (Lipinski definition) is 2. The fourth-order valence-electron chi connectivity index (χ4n) is 1.48. The van der Waals surface area contributed by atoms with Gasteiger partial charge in [0.2, 0.25) is 0 Å². The first-order valence-corrected chi connectivity index (χ1v) is 8.22. The van der Waals surface area contributed by atoms with Gasteiger partial charge < -0.3 is 5.11 Å². The third-order valence-electron chi connectivity index (χ3n) is 2.43. The van der Waals surface area contributed by atoms with Gasteiger partial charge >= 0.3 is 0 Å². The van der Waals surface area contributed by atoms with Gasteiger partial charge in [-0.15, -0.1) is 11.3 Å². The van der Waals surface area contributed by atoms with Crippen LogP contribution in [0.2, 0.25) is 0 Å². The van der Waals surface area contributed by atoms with E-state index >= 15 is 0 Å². The van der Waals surface area contributed by atoms with Crippen LogP contribution in [-0.4, -0.2) is 37.5 Å². The van der Waals surface area contributed by atoms with E-state index in [-0.39, 0.29) is 13.2 Å². The van der Waals surface area contributed by atoms with Crippen LogP contribution in [0.15, 0.2) is 12.1 Å². The lowest BCUT2D eigenvalue weighted by molar-refractivity contribution is 0.350. The highest BCUT2D eigenvalue weighted by Gasteiger charge is 2.17. The maximum atomic E-state index is 11.9. The summed E-state index contributed by atoms with van der Waals surface area (Å²) in [7, 11) is -3.41. The van der Waals surface area contributed by atoms with Gasteiger partial charge in [-0.3, -0.25) is 0 Å². The van der Waals surface area contributed by atoms with Crippen LogP contribution in [0, 0.1) is 11.8 Å². The molecule has 1 rings (SSSR count). The third kappa shape index (κ3) is 4.93. The monoisotopic (exact) mass is 302 g/mol. The van der Waals surface area contributed by atoms with Gasteiger partial charge in [0.25, 0.3) is 10.2 Å². The Hall–Kier alpha value is -0.910. The SMILES string of the molecule is CCN(CC)S(=O)(=O)NCc1ccc(C#CCO)s1. The normalized spacial score (nSPS) is 11.4. The lowest BCUT2D eigenvalue weighted by atomic mass is 10.4. The average molecular weight is 302 g/mol. The molecule has 0 aliphatic carbocycles. The molecule has 0 radical (unpaired) electrons. The first-order chi connectivity index (χ1) is 9.03. The van der Waals surface area contributed by atoms with Gasteiger partial charge in [0.05, 0.1) is 4.88 Å². The van der Waals surface area contributed by atoms with Crippen LogP contribution in [0.25, 0.3) is 0 Å². The molecule has 0 atom stereocenters.